The first-order valence-corrected chi connectivity index (χ1v) is 11.2. The van der Waals surface area contributed by atoms with Gasteiger partial charge < -0.3 is 10.8 Å². The van der Waals surface area contributed by atoms with Gasteiger partial charge >= 0.3 is 0 Å². The fourth-order valence-electron chi connectivity index (χ4n) is 2.81. The van der Waals surface area contributed by atoms with E-state index < -0.39 is 36.7 Å². The van der Waals surface area contributed by atoms with Gasteiger partial charge in [-0.3, -0.25) is 9.52 Å². The summed E-state index contributed by atoms with van der Waals surface area (Å²) >= 11 is 0. The molecule has 0 bridgehead atoms. The second kappa shape index (κ2) is 7.35. The van der Waals surface area contributed by atoms with E-state index >= 15 is 0 Å². The number of phenolic OH excluding ortho intramolecular Hbond substituents is 1. The number of nitrogen functional groups attached to an aromatic ring is 1. The monoisotopic (exact) mass is 435 g/mol. The normalized spacial score (nSPS) is 17.4. The number of phenols is 1. The standard InChI is InChI=1S/C18H17N3O6S2/c19-12-3-7-14(8-4-12)29(26,27)21-15-9-10-16(28(20,24)25)18(23)17(15)11-1-5-13(22)6-2-11/h1-10,17,21-22H,19H2,(H2,20,24,25). The van der Waals surface area contributed by atoms with Crippen LogP contribution in [0.4, 0.5) is 5.69 Å². The number of nitrogens with one attached hydrogen (secondary N) is 1. The van der Waals surface area contributed by atoms with Gasteiger partial charge in [-0.1, -0.05) is 12.1 Å². The molecule has 152 valence electrons. The van der Waals surface area contributed by atoms with Crippen molar-refractivity contribution in [3.8, 4) is 5.75 Å². The SMILES string of the molecule is Nc1ccc(S(=O)(=O)NC2=CC=C(S(N)(=O)=O)C(=O)C2c2ccc(O)cc2)cc1. The lowest BCUT2D eigenvalue weighted by Gasteiger charge is -2.24. The molecule has 1 aliphatic carbocycles. The summed E-state index contributed by atoms with van der Waals surface area (Å²) in [5.74, 6) is -2.25. The fourth-order valence-corrected chi connectivity index (χ4v) is 4.58. The average molecular weight is 435 g/mol. The lowest BCUT2D eigenvalue weighted by Crippen LogP contribution is -2.34. The van der Waals surface area contributed by atoms with Crippen molar-refractivity contribution < 1.29 is 26.7 Å². The van der Waals surface area contributed by atoms with E-state index in [0.29, 0.717) is 5.69 Å². The van der Waals surface area contributed by atoms with Gasteiger partial charge in [-0.25, -0.2) is 22.0 Å². The molecule has 0 aliphatic heterocycles. The maximum atomic E-state index is 12.9. The van der Waals surface area contributed by atoms with Crippen molar-refractivity contribution >= 4 is 31.5 Å². The maximum Gasteiger partial charge on any atom is 0.261 e. The first-order chi connectivity index (χ1) is 13.5. The molecule has 1 unspecified atom stereocenters. The van der Waals surface area contributed by atoms with Crippen molar-refractivity contribution in [2.75, 3.05) is 5.73 Å². The molecule has 11 heteroatoms. The van der Waals surface area contributed by atoms with Gasteiger partial charge in [0.05, 0.1) is 10.8 Å². The molecule has 0 saturated heterocycles. The Hall–Kier alpha value is -3.15. The second-order valence-corrected chi connectivity index (χ2v) is 9.47. The van der Waals surface area contributed by atoms with Crippen molar-refractivity contribution in [1.29, 1.82) is 0 Å². The molecule has 9 nitrogen and oxygen atoms in total. The third kappa shape index (κ3) is 4.31. The fraction of sp³-hybridized carbons (Fsp3) is 0.0556. The summed E-state index contributed by atoms with van der Waals surface area (Å²) < 4.78 is 51.2. The number of rotatable bonds is 5. The van der Waals surface area contributed by atoms with Crippen molar-refractivity contribution in [3.63, 3.8) is 0 Å². The smallest absolute Gasteiger partial charge is 0.261 e. The number of Topliss-reactive ketones (excluding diaryl/α,β-unsaturated/α-hetero) is 1. The van der Waals surface area contributed by atoms with E-state index in [0.717, 1.165) is 6.08 Å². The number of hydrogen-bond donors (Lipinski definition) is 4. The molecule has 3 rings (SSSR count). The molecule has 0 spiro atoms. The van der Waals surface area contributed by atoms with Gasteiger partial charge in [-0.2, -0.15) is 0 Å². The first kappa shape index (κ1) is 20.6. The summed E-state index contributed by atoms with van der Waals surface area (Å²) in [6.45, 7) is 0. The largest absolute Gasteiger partial charge is 0.508 e. The molecule has 0 aromatic heterocycles. The highest BCUT2D eigenvalue weighted by Crippen LogP contribution is 2.33. The lowest BCUT2D eigenvalue weighted by molar-refractivity contribution is -0.115. The van der Waals surface area contributed by atoms with Crippen LogP contribution in [0.25, 0.3) is 0 Å². The Morgan fingerprint density at radius 3 is 2.03 bits per heavy atom. The van der Waals surface area contributed by atoms with Crippen molar-refractivity contribution in [3.05, 3.63) is 76.8 Å². The quantitative estimate of drug-likeness (QED) is 0.500. The molecule has 1 aliphatic rings. The Morgan fingerprint density at radius 1 is 0.897 bits per heavy atom. The van der Waals surface area contributed by atoms with Gasteiger partial charge in [0.2, 0.25) is 10.0 Å². The maximum absolute atomic E-state index is 12.9. The lowest BCUT2D eigenvalue weighted by atomic mass is 9.88. The van der Waals surface area contributed by atoms with E-state index in [1.165, 1.54) is 54.6 Å². The van der Waals surface area contributed by atoms with Gasteiger partial charge in [0.15, 0.2) is 5.78 Å². The summed E-state index contributed by atoms with van der Waals surface area (Å²) in [7, 11) is -8.41. The number of hydrogen-bond acceptors (Lipinski definition) is 7. The predicted molar refractivity (Wildman–Crippen MR) is 106 cm³/mol. The molecule has 0 radical (unpaired) electrons. The van der Waals surface area contributed by atoms with Crippen LogP contribution in [0.15, 0.2) is 76.2 Å². The van der Waals surface area contributed by atoms with Gasteiger partial charge in [-0.15, -0.1) is 0 Å². The molecule has 1 atom stereocenters. The Bertz CT molecular complexity index is 1230. The minimum atomic E-state index is -4.32. The van der Waals surface area contributed by atoms with Gasteiger partial charge in [-0.05, 0) is 54.1 Å². The molecule has 29 heavy (non-hydrogen) atoms. The molecule has 0 heterocycles. The minimum Gasteiger partial charge on any atom is -0.508 e. The van der Waals surface area contributed by atoms with E-state index in [1.54, 1.807) is 0 Å². The van der Waals surface area contributed by atoms with Gasteiger partial charge in [0, 0.05) is 11.4 Å². The third-order valence-corrected chi connectivity index (χ3v) is 6.55. The Labute approximate surface area is 167 Å². The van der Waals surface area contributed by atoms with Crippen LogP contribution in [-0.2, 0) is 24.8 Å². The van der Waals surface area contributed by atoms with Gasteiger partial charge in [0.1, 0.15) is 10.7 Å². The van der Waals surface area contributed by atoms with Crippen LogP contribution in [-0.4, -0.2) is 27.7 Å². The second-order valence-electron chi connectivity index (χ2n) is 6.26. The summed E-state index contributed by atoms with van der Waals surface area (Å²) in [6, 6.07) is 10.8. The number of benzene rings is 2. The minimum absolute atomic E-state index is 0.0649. The molecular formula is C18H17N3O6S2. The van der Waals surface area contributed by atoms with Crippen LogP contribution in [0.3, 0.4) is 0 Å². The van der Waals surface area contributed by atoms with Crippen molar-refractivity contribution in [2.45, 2.75) is 10.8 Å². The highest BCUT2D eigenvalue weighted by Gasteiger charge is 2.36. The predicted octanol–water partition coefficient (Wildman–Crippen LogP) is 0.676. The summed E-state index contributed by atoms with van der Waals surface area (Å²) in [6.07, 6.45) is 2.13. The number of sulfonamides is 2. The van der Waals surface area contributed by atoms with E-state index in [1.807, 2.05) is 0 Å². The zero-order chi connectivity index (χ0) is 21.4. The molecule has 0 saturated carbocycles. The number of ketones is 1. The third-order valence-electron chi connectivity index (χ3n) is 4.21. The molecule has 0 fully saturated rings. The molecule has 0 amide bonds. The summed E-state index contributed by atoms with van der Waals surface area (Å²) in [5, 5.41) is 14.6. The Morgan fingerprint density at radius 2 is 1.48 bits per heavy atom. The molecular weight excluding hydrogens is 418 g/mol. The van der Waals surface area contributed by atoms with Crippen molar-refractivity contribution in [2.24, 2.45) is 5.14 Å². The van der Waals surface area contributed by atoms with E-state index in [4.69, 9.17) is 10.9 Å². The van der Waals surface area contributed by atoms with Crippen LogP contribution in [0.2, 0.25) is 0 Å². The number of primary sulfonamides is 1. The Kier molecular flexibility index (Phi) is 5.22. The first-order valence-electron chi connectivity index (χ1n) is 8.15. The van der Waals surface area contributed by atoms with Crippen LogP contribution in [0.5, 0.6) is 5.75 Å². The number of carbonyl (C=O) groups is 1. The molecule has 2 aromatic rings. The summed E-state index contributed by atoms with van der Waals surface area (Å²) in [4.78, 5) is 12.1. The topological polar surface area (TPSA) is 170 Å². The Balaban J connectivity index is 2.08. The van der Waals surface area contributed by atoms with E-state index in [-0.39, 0.29) is 21.9 Å². The number of carbonyl (C=O) groups excluding carboxylic acids is 1. The van der Waals surface area contributed by atoms with Crippen LogP contribution >= 0.6 is 0 Å². The zero-order valence-corrected chi connectivity index (χ0v) is 16.4. The van der Waals surface area contributed by atoms with E-state index in [2.05, 4.69) is 4.72 Å². The number of nitrogens with two attached hydrogens (primary N) is 2. The van der Waals surface area contributed by atoms with Crippen LogP contribution < -0.4 is 15.6 Å². The highest BCUT2D eigenvalue weighted by atomic mass is 32.2. The average Bonchev–Trinajstić information content (AvgIpc) is 2.62. The highest BCUT2D eigenvalue weighted by molar-refractivity contribution is 7.94. The van der Waals surface area contributed by atoms with E-state index in [9.17, 15) is 26.7 Å². The van der Waals surface area contributed by atoms with Crippen molar-refractivity contribution in [1.82, 2.24) is 4.72 Å². The number of allylic oxidation sites excluding steroid dienone is 4. The molecule has 6 N–H and O–H groups in total. The van der Waals surface area contributed by atoms with Crippen LogP contribution in [0.1, 0.15) is 11.5 Å². The number of aromatic hydroxyl groups is 1. The molecule has 2 aromatic carbocycles. The van der Waals surface area contributed by atoms with Gasteiger partial charge in [0.25, 0.3) is 10.0 Å². The summed E-state index contributed by atoms with van der Waals surface area (Å²) in [5.41, 5.74) is 6.15. The van der Waals surface area contributed by atoms with Crippen LogP contribution in [0, 0.1) is 0 Å². The zero-order valence-electron chi connectivity index (χ0n) is 14.8. The number of anilines is 1.